The molecule has 1 atom stereocenters. The van der Waals surface area contributed by atoms with Crippen LogP contribution in [0.4, 0.5) is 0 Å². The van der Waals surface area contributed by atoms with E-state index < -0.39 is 0 Å². The molecule has 1 unspecified atom stereocenters. The van der Waals surface area contributed by atoms with Crippen molar-refractivity contribution >= 4 is 5.91 Å². The van der Waals surface area contributed by atoms with Crippen LogP contribution in [0, 0.1) is 5.41 Å². The molecular weight excluding hydrogens is 190 g/mol. The fourth-order valence-electron chi connectivity index (χ4n) is 3.31. The minimum Gasteiger partial charge on any atom is -0.381 e. The predicted octanol–water partition coefficient (Wildman–Crippen LogP) is 1.86. The maximum absolute atomic E-state index is 11.7. The number of carbonyl (C=O) groups is 1. The molecule has 0 aromatic heterocycles. The molecule has 2 heterocycles. The van der Waals surface area contributed by atoms with E-state index in [2.05, 4.69) is 19.2 Å². The fourth-order valence-corrected chi connectivity index (χ4v) is 3.31. The molecule has 1 spiro atoms. The van der Waals surface area contributed by atoms with Crippen molar-refractivity contribution < 1.29 is 9.53 Å². The monoisotopic (exact) mass is 211 g/mol. The van der Waals surface area contributed by atoms with E-state index in [-0.39, 0.29) is 16.9 Å². The Labute approximate surface area is 91.6 Å². The van der Waals surface area contributed by atoms with E-state index in [0.717, 1.165) is 38.9 Å². The maximum atomic E-state index is 11.7. The van der Waals surface area contributed by atoms with Gasteiger partial charge in [0, 0.05) is 19.6 Å². The number of carbonyl (C=O) groups excluding carboxylic acids is 1. The lowest BCUT2D eigenvalue weighted by Crippen LogP contribution is -2.54. The average molecular weight is 211 g/mol. The highest BCUT2D eigenvalue weighted by Gasteiger charge is 2.54. The van der Waals surface area contributed by atoms with Crippen molar-refractivity contribution in [2.75, 3.05) is 13.2 Å². The van der Waals surface area contributed by atoms with Crippen LogP contribution in [0.2, 0.25) is 0 Å². The second-order valence-electron chi connectivity index (χ2n) is 5.23. The van der Waals surface area contributed by atoms with Crippen LogP contribution in [0.1, 0.15) is 46.0 Å². The first-order valence-electron chi connectivity index (χ1n) is 6.01. The van der Waals surface area contributed by atoms with Gasteiger partial charge in [-0.2, -0.15) is 0 Å². The molecule has 3 heteroatoms. The van der Waals surface area contributed by atoms with Gasteiger partial charge in [0.25, 0.3) is 0 Å². The SMILES string of the molecule is CCCC1(C)CC(=O)NC12CCOCC2. The largest absolute Gasteiger partial charge is 0.381 e. The molecule has 86 valence electrons. The summed E-state index contributed by atoms with van der Waals surface area (Å²) in [6, 6.07) is 0. The van der Waals surface area contributed by atoms with Crippen molar-refractivity contribution in [2.24, 2.45) is 5.41 Å². The molecule has 2 aliphatic heterocycles. The molecule has 2 aliphatic rings. The van der Waals surface area contributed by atoms with E-state index in [1.807, 2.05) is 0 Å². The first kappa shape index (κ1) is 10.9. The van der Waals surface area contributed by atoms with Crippen LogP contribution in [0.5, 0.6) is 0 Å². The summed E-state index contributed by atoms with van der Waals surface area (Å²) in [6.07, 6.45) is 4.94. The minimum absolute atomic E-state index is 0.0261. The molecule has 0 aliphatic carbocycles. The van der Waals surface area contributed by atoms with E-state index in [4.69, 9.17) is 4.74 Å². The number of ether oxygens (including phenoxy) is 1. The van der Waals surface area contributed by atoms with E-state index in [0.29, 0.717) is 6.42 Å². The molecule has 2 saturated heterocycles. The Hall–Kier alpha value is -0.570. The standard InChI is InChI=1S/C12H21NO2/c1-3-4-11(2)9-10(14)13-12(11)5-7-15-8-6-12/h3-9H2,1-2H3,(H,13,14). The van der Waals surface area contributed by atoms with Crippen LogP contribution in [0.15, 0.2) is 0 Å². The average Bonchev–Trinajstić information content (AvgIpc) is 2.40. The summed E-state index contributed by atoms with van der Waals surface area (Å²) in [5.74, 6) is 0.229. The van der Waals surface area contributed by atoms with Gasteiger partial charge in [0.05, 0.1) is 5.54 Å². The van der Waals surface area contributed by atoms with Gasteiger partial charge in [-0.05, 0) is 24.7 Å². The molecule has 0 saturated carbocycles. The lowest BCUT2D eigenvalue weighted by atomic mass is 9.65. The normalized spacial score (nSPS) is 34.4. The predicted molar refractivity (Wildman–Crippen MR) is 58.6 cm³/mol. The smallest absolute Gasteiger partial charge is 0.221 e. The molecule has 2 fully saturated rings. The lowest BCUT2D eigenvalue weighted by Gasteiger charge is -2.45. The zero-order valence-electron chi connectivity index (χ0n) is 9.77. The summed E-state index contributed by atoms with van der Waals surface area (Å²) < 4.78 is 5.41. The number of nitrogens with one attached hydrogen (secondary N) is 1. The van der Waals surface area contributed by atoms with Crippen LogP contribution in [-0.4, -0.2) is 24.7 Å². The molecule has 1 amide bonds. The van der Waals surface area contributed by atoms with Gasteiger partial charge >= 0.3 is 0 Å². The van der Waals surface area contributed by atoms with Crippen molar-refractivity contribution in [3.05, 3.63) is 0 Å². The number of rotatable bonds is 2. The molecule has 3 nitrogen and oxygen atoms in total. The maximum Gasteiger partial charge on any atom is 0.221 e. The highest BCUT2D eigenvalue weighted by molar-refractivity contribution is 5.81. The van der Waals surface area contributed by atoms with Gasteiger partial charge in [-0.25, -0.2) is 0 Å². The zero-order valence-corrected chi connectivity index (χ0v) is 9.77. The Morgan fingerprint density at radius 2 is 2.07 bits per heavy atom. The molecule has 15 heavy (non-hydrogen) atoms. The molecular formula is C12H21NO2. The molecule has 0 aromatic rings. The van der Waals surface area contributed by atoms with E-state index >= 15 is 0 Å². The summed E-state index contributed by atoms with van der Waals surface area (Å²) >= 11 is 0. The topological polar surface area (TPSA) is 38.3 Å². The third-order valence-electron chi connectivity index (χ3n) is 4.23. The van der Waals surface area contributed by atoms with Gasteiger partial charge < -0.3 is 10.1 Å². The minimum atomic E-state index is 0.0261. The van der Waals surface area contributed by atoms with Gasteiger partial charge in [-0.1, -0.05) is 20.3 Å². The van der Waals surface area contributed by atoms with Gasteiger partial charge in [-0.15, -0.1) is 0 Å². The van der Waals surface area contributed by atoms with Crippen molar-refractivity contribution in [2.45, 2.75) is 51.5 Å². The molecule has 0 aromatic carbocycles. The number of hydrogen-bond donors (Lipinski definition) is 1. The van der Waals surface area contributed by atoms with Crippen molar-refractivity contribution in [1.29, 1.82) is 0 Å². The van der Waals surface area contributed by atoms with Crippen LogP contribution >= 0.6 is 0 Å². The summed E-state index contributed by atoms with van der Waals surface area (Å²) in [5, 5.41) is 3.23. The Morgan fingerprint density at radius 1 is 1.40 bits per heavy atom. The highest BCUT2D eigenvalue weighted by Crippen LogP contribution is 2.48. The van der Waals surface area contributed by atoms with Crippen molar-refractivity contribution in [1.82, 2.24) is 5.32 Å². The van der Waals surface area contributed by atoms with Gasteiger partial charge in [-0.3, -0.25) is 4.79 Å². The second-order valence-corrected chi connectivity index (χ2v) is 5.23. The molecule has 0 radical (unpaired) electrons. The Kier molecular flexibility index (Phi) is 2.75. The Morgan fingerprint density at radius 3 is 2.67 bits per heavy atom. The Bertz CT molecular complexity index is 258. The third kappa shape index (κ3) is 1.67. The summed E-state index contributed by atoms with van der Waals surface area (Å²) in [7, 11) is 0. The first-order chi connectivity index (χ1) is 7.12. The van der Waals surface area contributed by atoms with Crippen LogP contribution in [0.3, 0.4) is 0 Å². The van der Waals surface area contributed by atoms with Crippen LogP contribution in [0.25, 0.3) is 0 Å². The van der Waals surface area contributed by atoms with E-state index in [9.17, 15) is 4.79 Å². The summed E-state index contributed by atoms with van der Waals surface area (Å²) in [6.45, 7) is 6.04. The zero-order chi connectivity index (χ0) is 10.9. The van der Waals surface area contributed by atoms with Gasteiger partial charge in [0.15, 0.2) is 0 Å². The quantitative estimate of drug-likeness (QED) is 0.757. The van der Waals surface area contributed by atoms with Crippen LogP contribution < -0.4 is 5.32 Å². The van der Waals surface area contributed by atoms with E-state index in [1.54, 1.807) is 0 Å². The molecule has 1 N–H and O–H groups in total. The Balaban J connectivity index is 2.23. The summed E-state index contributed by atoms with van der Waals surface area (Å²) in [4.78, 5) is 11.7. The third-order valence-corrected chi connectivity index (χ3v) is 4.23. The van der Waals surface area contributed by atoms with Gasteiger partial charge in [0.1, 0.15) is 0 Å². The van der Waals surface area contributed by atoms with Gasteiger partial charge in [0.2, 0.25) is 5.91 Å². The molecule has 2 rings (SSSR count). The van der Waals surface area contributed by atoms with Crippen molar-refractivity contribution in [3.63, 3.8) is 0 Å². The second kappa shape index (κ2) is 3.78. The van der Waals surface area contributed by atoms with Crippen LogP contribution in [-0.2, 0) is 9.53 Å². The number of amides is 1. The van der Waals surface area contributed by atoms with Crippen molar-refractivity contribution in [3.8, 4) is 0 Å². The molecule has 0 bridgehead atoms. The fraction of sp³-hybridized carbons (Fsp3) is 0.917. The first-order valence-corrected chi connectivity index (χ1v) is 6.01. The highest BCUT2D eigenvalue weighted by atomic mass is 16.5. The van der Waals surface area contributed by atoms with E-state index in [1.165, 1.54) is 0 Å². The number of hydrogen-bond acceptors (Lipinski definition) is 2. The lowest BCUT2D eigenvalue weighted by molar-refractivity contribution is -0.120. The summed E-state index contributed by atoms with van der Waals surface area (Å²) in [5.41, 5.74) is 0.168.